The van der Waals surface area contributed by atoms with Crippen molar-refractivity contribution in [1.29, 1.82) is 0 Å². The summed E-state index contributed by atoms with van der Waals surface area (Å²) in [5.41, 5.74) is 13.4. The number of amides is 1. The van der Waals surface area contributed by atoms with Crippen molar-refractivity contribution >= 4 is 54.7 Å². The van der Waals surface area contributed by atoms with Gasteiger partial charge in [-0.2, -0.15) is 0 Å². The van der Waals surface area contributed by atoms with Gasteiger partial charge < -0.3 is 5.73 Å². The summed E-state index contributed by atoms with van der Waals surface area (Å²) < 4.78 is 0. The fraction of sp³-hybridized carbons (Fsp3) is 0.229. The number of para-hydroxylation sites is 1. The van der Waals surface area contributed by atoms with Crippen LogP contribution in [0.25, 0.3) is 43.1 Å². The molecule has 0 aromatic heterocycles. The smallest absolute Gasteiger partial charge is 0.260 e. The van der Waals surface area contributed by atoms with Gasteiger partial charge in [0.15, 0.2) is 0 Å². The van der Waals surface area contributed by atoms with Gasteiger partial charge in [0.2, 0.25) is 0 Å². The van der Waals surface area contributed by atoms with E-state index in [1.165, 1.54) is 37.9 Å². The van der Waals surface area contributed by atoms with Crippen molar-refractivity contribution in [2.45, 2.75) is 52.6 Å². The lowest BCUT2D eigenvalue weighted by Crippen LogP contribution is -2.43. The molecule has 1 atom stereocenters. The monoisotopic (exact) mass is 496 g/mol. The van der Waals surface area contributed by atoms with E-state index in [9.17, 15) is 4.79 Å². The maximum absolute atomic E-state index is 14.4. The van der Waals surface area contributed by atoms with Gasteiger partial charge in [-0.3, -0.25) is 9.69 Å². The SMILES string of the molecule is Cc1ccc2c3ccc4c5c(ccc(c6cccc1c62)c53)C(=O)N(c1c(C(C)C)cccc1C(C)C)C4N. The molecule has 0 saturated heterocycles. The Kier molecular flexibility index (Phi) is 4.90. The number of hydrogen-bond acceptors (Lipinski definition) is 2. The van der Waals surface area contributed by atoms with E-state index in [0.29, 0.717) is 0 Å². The van der Waals surface area contributed by atoms with Gasteiger partial charge in [0, 0.05) is 10.9 Å². The summed E-state index contributed by atoms with van der Waals surface area (Å²) in [6, 6.07) is 25.9. The quantitative estimate of drug-likeness (QED) is 0.196. The summed E-state index contributed by atoms with van der Waals surface area (Å²) in [6.45, 7) is 10.9. The summed E-state index contributed by atoms with van der Waals surface area (Å²) in [7, 11) is 0. The molecule has 0 spiro atoms. The van der Waals surface area contributed by atoms with Gasteiger partial charge in [0.1, 0.15) is 6.17 Å². The number of carbonyl (C=O) groups is 1. The predicted molar refractivity (Wildman–Crippen MR) is 161 cm³/mol. The summed E-state index contributed by atoms with van der Waals surface area (Å²) in [5.74, 6) is 0.512. The molecule has 0 radical (unpaired) electrons. The van der Waals surface area contributed by atoms with Gasteiger partial charge in [-0.1, -0.05) is 94.4 Å². The third-order valence-electron chi connectivity index (χ3n) is 8.66. The van der Waals surface area contributed by atoms with Crippen molar-refractivity contribution in [2.24, 2.45) is 5.73 Å². The van der Waals surface area contributed by atoms with E-state index in [-0.39, 0.29) is 17.7 Å². The van der Waals surface area contributed by atoms with E-state index in [1.54, 1.807) is 0 Å². The van der Waals surface area contributed by atoms with Crippen LogP contribution in [0, 0.1) is 6.92 Å². The minimum Gasteiger partial charge on any atom is -0.307 e. The van der Waals surface area contributed by atoms with Crippen LogP contribution in [0.1, 0.15) is 78.3 Å². The molecule has 3 heteroatoms. The summed E-state index contributed by atoms with van der Waals surface area (Å²) in [4.78, 5) is 16.3. The first-order valence-corrected chi connectivity index (χ1v) is 13.6. The lowest BCUT2D eigenvalue weighted by Gasteiger charge is -2.38. The lowest BCUT2D eigenvalue weighted by molar-refractivity contribution is 0.0975. The molecule has 7 rings (SSSR count). The van der Waals surface area contributed by atoms with Crippen molar-refractivity contribution < 1.29 is 4.79 Å². The molecule has 188 valence electrons. The molecule has 1 heterocycles. The maximum atomic E-state index is 14.4. The molecule has 0 bridgehead atoms. The molecule has 0 aliphatic carbocycles. The van der Waals surface area contributed by atoms with Crippen LogP contribution in [0.5, 0.6) is 0 Å². The Morgan fingerprint density at radius 3 is 1.89 bits per heavy atom. The molecule has 1 unspecified atom stereocenters. The number of benzene rings is 6. The molecule has 0 saturated carbocycles. The van der Waals surface area contributed by atoms with Gasteiger partial charge in [0.05, 0.1) is 5.69 Å². The molecule has 0 fully saturated rings. The Bertz CT molecular complexity index is 1880. The van der Waals surface area contributed by atoms with Crippen LogP contribution in [0.4, 0.5) is 5.69 Å². The molecule has 38 heavy (non-hydrogen) atoms. The van der Waals surface area contributed by atoms with Crippen LogP contribution in [-0.2, 0) is 0 Å². The number of rotatable bonds is 3. The molecule has 6 aromatic carbocycles. The van der Waals surface area contributed by atoms with Crippen molar-refractivity contribution in [3.63, 3.8) is 0 Å². The Balaban J connectivity index is 1.58. The Morgan fingerprint density at radius 1 is 0.658 bits per heavy atom. The molecule has 1 aliphatic rings. The second kappa shape index (κ2) is 8.02. The van der Waals surface area contributed by atoms with Crippen LogP contribution < -0.4 is 10.6 Å². The molecule has 3 nitrogen and oxygen atoms in total. The highest BCUT2D eigenvalue weighted by molar-refractivity contribution is 6.36. The summed E-state index contributed by atoms with van der Waals surface area (Å²) in [5, 5.41) is 9.55. The molecule has 2 N–H and O–H groups in total. The normalized spacial score (nSPS) is 15.8. The summed E-state index contributed by atoms with van der Waals surface area (Å²) in [6.07, 6.45) is -0.563. The fourth-order valence-corrected chi connectivity index (χ4v) is 6.82. The third kappa shape index (κ3) is 2.91. The minimum atomic E-state index is -0.563. The zero-order valence-corrected chi connectivity index (χ0v) is 22.6. The van der Waals surface area contributed by atoms with E-state index >= 15 is 0 Å². The van der Waals surface area contributed by atoms with Gasteiger partial charge in [-0.15, -0.1) is 0 Å². The predicted octanol–water partition coefficient (Wildman–Crippen LogP) is 8.91. The van der Waals surface area contributed by atoms with Crippen molar-refractivity contribution in [3.05, 3.63) is 101 Å². The standard InChI is InChI=1S/C35H32N2O/c1-18(2)21-8-6-9-22(19(3)4)33(21)37-34(36)28-16-14-27-25-13-12-20(5)23-10-7-11-24(30(23)25)26-15-17-29(35(37)38)32(28)31(26)27/h6-19,34H,36H2,1-5H3. The minimum absolute atomic E-state index is 0.0170. The second-order valence-corrected chi connectivity index (χ2v) is 11.5. The number of fused-ring (bicyclic) bond motifs is 2. The van der Waals surface area contributed by atoms with Gasteiger partial charge in [-0.05, 0) is 84.8 Å². The molecular weight excluding hydrogens is 464 g/mol. The van der Waals surface area contributed by atoms with E-state index in [2.05, 4.69) is 101 Å². The van der Waals surface area contributed by atoms with Gasteiger partial charge >= 0.3 is 0 Å². The highest BCUT2D eigenvalue weighted by atomic mass is 16.2. The van der Waals surface area contributed by atoms with Crippen molar-refractivity contribution in [2.75, 3.05) is 4.90 Å². The molecular formula is C35H32N2O. The summed E-state index contributed by atoms with van der Waals surface area (Å²) >= 11 is 0. The first kappa shape index (κ1) is 23.2. The first-order valence-electron chi connectivity index (χ1n) is 13.6. The van der Waals surface area contributed by atoms with Crippen molar-refractivity contribution in [3.8, 4) is 0 Å². The van der Waals surface area contributed by atoms with E-state index in [1.807, 2.05) is 11.0 Å². The average molecular weight is 497 g/mol. The van der Waals surface area contributed by atoms with Crippen molar-refractivity contribution in [1.82, 2.24) is 0 Å². The Hall–Kier alpha value is -3.95. The van der Waals surface area contributed by atoms with Gasteiger partial charge in [0.25, 0.3) is 5.91 Å². The van der Waals surface area contributed by atoms with Crippen LogP contribution in [0.2, 0.25) is 0 Å². The lowest BCUT2D eigenvalue weighted by atomic mass is 9.83. The number of anilines is 1. The number of aryl methyl sites for hydroxylation is 1. The number of carbonyl (C=O) groups excluding carboxylic acids is 1. The second-order valence-electron chi connectivity index (χ2n) is 11.5. The highest BCUT2D eigenvalue weighted by Gasteiger charge is 2.37. The number of hydrogen-bond donors (Lipinski definition) is 1. The van der Waals surface area contributed by atoms with Crippen LogP contribution in [0.15, 0.2) is 72.8 Å². The van der Waals surface area contributed by atoms with Crippen LogP contribution in [-0.4, -0.2) is 5.91 Å². The highest BCUT2D eigenvalue weighted by Crippen LogP contribution is 2.48. The van der Waals surface area contributed by atoms with E-state index in [0.717, 1.165) is 38.7 Å². The molecule has 1 amide bonds. The average Bonchev–Trinajstić information content (AvgIpc) is 2.91. The Morgan fingerprint density at radius 2 is 1.21 bits per heavy atom. The van der Waals surface area contributed by atoms with Crippen LogP contribution >= 0.6 is 0 Å². The van der Waals surface area contributed by atoms with E-state index < -0.39 is 6.17 Å². The zero-order valence-electron chi connectivity index (χ0n) is 22.6. The first-order chi connectivity index (χ1) is 18.3. The van der Waals surface area contributed by atoms with E-state index in [4.69, 9.17) is 5.73 Å². The molecule has 6 aromatic rings. The van der Waals surface area contributed by atoms with Crippen LogP contribution in [0.3, 0.4) is 0 Å². The Labute approximate surface area is 223 Å². The largest absolute Gasteiger partial charge is 0.307 e. The molecule has 1 aliphatic heterocycles. The fourth-order valence-electron chi connectivity index (χ4n) is 6.82. The number of nitrogens with zero attached hydrogens (tertiary/aromatic N) is 1. The van der Waals surface area contributed by atoms with Gasteiger partial charge in [-0.25, -0.2) is 0 Å². The topological polar surface area (TPSA) is 46.3 Å². The number of nitrogens with two attached hydrogens (primary N) is 1. The third-order valence-corrected chi connectivity index (χ3v) is 8.66. The maximum Gasteiger partial charge on any atom is 0.260 e. The zero-order chi connectivity index (χ0) is 26.5.